The number of fused-ring (bicyclic) bond motifs is 1. The summed E-state index contributed by atoms with van der Waals surface area (Å²) < 4.78 is 1.22. The highest BCUT2D eigenvalue weighted by Crippen LogP contribution is 2.11. The van der Waals surface area contributed by atoms with Gasteiger partial charge in [-0.05, 0) is 30.7 Å². The third kappa shape index (κ3) is 4.03. The molecule has 2 N–H and O–H groups in total. The second-order valence-corrected chi connectivity index (χ2v) is 6.21. The molecule has 0 unspecified atom stereocenters. The smallest absolute Gasteiger partial charge is 0.265 e. The van der Waals surface area contributed by atoms with Crippen LogP contribution in [0.15, 0.2) is 53.5 Å². The Labute approximate surface area is 156 Å². The topological polar surface area (TPSA) is 93.1 Å². The van der Waals surface area contributed by atoms with Gasteiger partial charge in [-0.2, -0.15) is 0 Å². The van der Waals surface area contributed by atoms with Crippen molar-refractivity contribution in [1.29, 1.82) is 0 Å². The Kier molecular flexibility index (Phi) is 5.30. The number of hydrogen-bond donors (Lipinski definition) is 2. The highest BCUT2D eigenvalue weighted by molar-refractivity contribution is 5.97. The molecule has 0 saturated heterocycles. The summed E-state index contributed by atoms with van der Waals surface area (Å²) in [5.74, 6) is -0.835. The van der Waals surface area contributed by atoms with Crippen molar-refractivity contribution in [3.63, 3.8) is 0 Å². The van der Waals surface area contributed by atoms with Gasteiger partial charge in [0.25, 0.3) is 11.5 Å². The summed E-state index contributed by atoms with van der Waals surface area (Å²) in [4.78, 5) is 41.4. The Hall–Kier alpha value is -3.48. The predicted octanol–water partition coefficient (Wildman–Crippen LogP) is 1.38. The summed E-state index contributed by atoms with van der Waals surface area (Å²) in [6.07, 6.45) is 1.54. The Morgan fingerprint density at radius 2 is 1.89 bits per heavy atom. The second kappa shape index (κ2) is 7.82. The molecule has 3 rings (SSSR count). The van der Waals surface area contributed by atoms with Gasteiger partial charge in [0, 0.05) is 25.2 Å². The number of carbonyl (C=O) groups excluding carboxylic acids is 2. The molecule has 0 aliphatic heterocycles. The highest BCUT2D eigenvalue weighted by Gasteiger charge is 2.17. The molecule has 0 fully saturated rings. The molecular formula is C20H20N4O3. The third-order valence-electron chi connectivity index (χ3n) is 4.25. The van der Waals surface area contributed by atoms with Gasteiger partial charge in [0.1, 0.15) is 17.8 Å². The summed E-state index contributed by atoms with van der Waals surface area (Å²) in [6.45, 7) is 2.08. The molecule has 0 aliphatic carbocycles. The van der Waals surface area contributed by atoms with E-state index in [0.717, 1.165) is 11.1 Å². The number of likely N-dealkylation sites (N-methyl/N-ethyl adjacent to an activating group) is 1. The van der Waals surface area contributed by atoms with Crippen molar-refractivity contribution in [2.45, 2.75) is 20.0 Å². The first-order valence-corrected chi connectivity index (χ1v) is 8.52. The van der Waals surface area contributed by atoms with E-state index in [4.69, 9.17) is 0 Å². The average Bonchev–Trinajstić information content (AvgIpc) is 2.69. The Morgan fingerprint density at radius 1 is 1.15 bits per heavy atom. The van der Waals surface area contributed by atoms with Gasteiger partial charge >= 0.3 is 0 Å². The average molecular weight is 364 g/mol. The van der Waals surface area contributed by atoms with E-state index in [2.05, 4.69) is 15.6 Å². The molecule has 0 atom stereocenters. The molecule has 2 heterocycles. The maximum atomic E-state index is 12.8. The van der Waals surface area contributed by atoms with E-state index in [-0.39, 0.29) is 18.0 Å². The third-order valence-corrected chi connectivity index (χ3v) is 4.25. The molecule has 0 saturated carbocycles. The molecule has 0 bridgehead atoms. The van der Waals surface area contributed by atoms with Gasteiger partial charge in [0.15, 0.2) is 0 Å². The van der Waals surface area contributed by atoms with Gasteiger partial charge in [0.05, 0.1) is 0 Å². The molecule has 0 aliphatic rings. The highest BCUT2D eigenvalue weighted by atomic mass is 16.2. The summed E-state index contributed by atoms with van der Waals surface area (Å²) >= 11 is 0. The SMILES string of the molecule is CNC(=O)Cn1c(=O)c(C(=O)NCc2ccc(C)cc2)cc2cccnc21. The molecule has 7 heteroatoms. The first-order chi connectivity index (χ1) is 13.0. The number of carbonyl (C=O) groups is 2. The fraction of sp³-hybridized carbons (Fsp3) is 0.200. The first kappa shape index (κ1) is 18.3. The van der Waals surface area contributed by atoms with Gasteiger partial charge in [-0.25, -0.2) is 4.98 Å². The van der Waals surface area contributed by atoms with Crippen LogP contribution >= 0.6 is 0 Å². The van der Waals surface area contributed by atoms with Crippen molar-refractivity contribution >= 4 is 22.8 Å². The normalized spacial score (nSPS) is 10.6. The lowest BCUT2D eigenvalue weighted by Crippen LogP contribution is -2.36. The van der Waals surface area contributed by atoms with Gasteiger partial charge in [0.2, 0.25) is 5.91 Å². The fourth-order valence-electron chi connectivity index (χ4n) is 2.72. The van der Waals surface area contributed by atoms with E-state index in [1.165, 1.54) is 17.7 Å². The minimum Gasteiger partial charge on any atom is -0.358 e. The minimum atomic E-state index is -0.550. The van der Waals surface area contributed by atoms with Gasteiger partial charge in [-0.15, -0.1) is 0 Å². The molecule has 1 aromatic carbocycles. The zero-order valence-electron chi connectivity index (χ0n) is 15.2. The van der Waals surface area contributed by atoms with Crippen LogP contribution in [-0.2, 0) is 17.9 Å². The Bertz CT molecular complexity index is 1060. The summed E-state index contributed by atoms with van der Waals surface area (Å²) in [6, 6.07) is 12.7. The van der Waals surface area contributed by atoms with Crippen LogP contribution in [0, 0.1) is 6.92 Å². The summed E-state index contributed by atoms with van der Waals surface area (Å²) in [5.41, 5.74) is 1.85. The van der Waals surface area contributed by atoms with Crippen LogP contribution in [0.5, 0.6) is 0 Å². The predicted molar refractivity (Wildman–Crippen MR) is 102 cm³/mol. The lowest BCUT2D eigenvalue weighted by atomic mass is 10.1. The van der Waals surface area contributed by atoms with E-state index in [1.807, 2.05) is 31.2 Å². The van der Waals surface area contributed by atoms with Crippen molar-refractivity contribution in [2.24, 2.45) is 0 Å². The standard InChI is InChI=1S/C20H20N4O3/c1-13-5-7-14(8-6-13)11-23-19(26)16-10-15-4-3-9-22-18(15)24(20(16)27)12-17(25)21-2/h3-10H,11-12H2,1-2H3,(H,21,25)(H,23,26). The van der Waals surface area contributed by atoms with Gasteiger partial charge < -0.3 is 10.6 Å². The fourth-order valence-corrected chi connectivity index (χ4v) is 2.72. The monoisotopic (exact) mass is 364 g/mol. The number of benzene rings is 1. The van der Waals surface area contributed by atoms with Crippen LogP contribution in [0.3, 0.4) is 0 Å². The zero-order chi connectivity index (χ0) is 19.4. The first-order valence-electron chi connectivity index (χ1n) is 8.52. The van der Waals surface area contributed by atoms with Crippen LogP contribution in [-0.4, -0.2) is 28.4 Å². The molecule has 7 nitrogen and oxygen atoms in total. The maximum Gasteiger partial charge on any atom is 0.265 e. The number of rotatable bonds is 5. The van der Waals surface area contributed by atoms with Crippen LogP contribution in [0.1, 0.15) is 21.5 Å². The summed E-state index contributed by atoms with van der Waals surface area (Å²) in [5, 5.41) is 5.85. The quantitative estimate of drug-likeness (QED) is 0.715. The number of aromatic nitrogens is 2. The number of amides is 2. The minimum absolute atomic E-state index is 0.0217. The largest absolute Gasteiger partial charge is 0.358 e. The molecule has 2 amide bonds. The number of nitrogens with one attached hydrogen (secondary N) is 2. The van der Waals surface area contributed by atoms with Crippen LogP contribution in [0.2, 0.25) is 0 Å². The molecule has 3 aromatic rings. The van der Waals surface area contributed by atoms with E-state index < -0.39 is 11.5 Å². The van der Waals surface area contributed by atoms with Crippen molar-refractivity contribution in [3.05, 3.63) is 75.7 Å². The van der Waals surface area contributed by atoms with Crippen molar-refractivity contribution in [1.82, 2.24) is 20.2 Å². The number of pyridine rings is 2. The molecular weight excluding hydrogens is 344 g/mol. The molecule has 0 spiro atoms. The van der Waals surface area contributed by atoms with Gasteiger partial charge in [-0.1, -0.05) is 29.8 Å². The van der Waals surface area contributed by atoms with Crippen molar-refractivity contribution < 1.29 is 9.59 Å². The van der Waals surface area contributed by atoms with Crippen LogP contribution in [0.25, 0.3) is 11.0 Å². The van der Waals surface area contributed by atoms with Crippen molar-refractivity contribution in [3.8, 4) is 0 Å². The number of hydrogen-bond acceptors (Lipinski definition) is 4. The maximum absolute atomic E-state index is 12.8. The zero-order valence-corrected chi connectivity index (χ0v) is 15.2. The van der Waals surface area contributed by atoms with Crippen molar-refractivity contribution in [2.75, 3.05) is 7.05 Å². The molecule has 0 radical (unpaired) electrons. The molecule has 27 heavy (non-hydrogen) atoms. The van der Waals surface area contributed by atoms with E-state index >= 15 is 0 Å². The van der Waals surface area contributed by atoms with E-state index in [0.29, 0.717) is 17.6 Å². The Morgan fingerprint density at radius 3 is 2.59 bits per heavy atom. The Balaban J connectivity index is 1.94. The lowest BCUT2D eigenvalue weighted by molar-refractivity contribution is -0.121. The second-order valence-electron chi connectivity index (χ2n) is 6.21. The van der Waals surface area contributed by atoms with Crippen LogP contribution < -0.4 is 16.2 Å². The number of aryl methyl sites for hydroxylation is 1. The van der Waals surface area contributed by atoms with Crippen LogP contribution in [0.4, 0.5) is 0 Å². The van der Waals surface area contributed by atoms with E-state index in [9.17, 15) is 14.4 Å². The molecule has 2 aromatic heterocycles. The van der Waals surface area contributed by atoms with Gasteiger partial charge in [-0.3, -0.25) is 19.0 Å². The lowest BCUT2D eigenvalue weighted by Gasteiger charge is -2.12. The van der Waals surface area contributed by atoms with E-state index in [1.54, 1.807) is 18.3 Å². The molecule has 138 valence electrons. The number of nitrogens with zero attached hydrogens (tertiary/aromatic N) is 2. The summed E-state index contributed by atoms with van der Waals surface area (Å²) in [7, 11) is 1.49.